The van der Waals surface area contributed by atoms with Gasteiger partial charge in [-0.2, -0.15) is 0 Å². The number of aryl methyl sites for hydroxylation is 1. The van der Waals surface area contributed by atoms with Gasteiger partial charge in [-0.15, -0.1) is 0 Å². The van der Waals surface area contributed by atoms with Gasteiger partial charge in [0.05, 0.1) is 22.3 Å². The molecule has 0 saturated heterocycles. The summed E-state index contributed by atoms with van der Waals surface area (Å²) < 4.78 is 29.6. The van der Waals surface area contributed by atoms with Crippen LogP contribution in [0.3, 0.4) is 0 Å². The minimum Gasteiger partial charge on any atom is -0.300 e. The lowest BCUT2D eigenvalue weighted by Gasteiger charge is -2.33. The van der Waals surface area contributed by atoms with Gasteiger partial charge in [0.25, 0.3) is 21.6 Å². The van der Waals surface area contributed by atoms with Gasteiger partial charge in [-0.1, -0.05) is 61.7 Å². The number of nitro groups is 1. The third-order valence-corrected chi connectivity index (χ3v) is 10.1. The zero-order valence-electron chi connectivity index (χ0n) is 22.8. The number of carbonyl (C=O) groups excluding carboxylic acids is 2. The molecule has 1 atom stereocenters. The molecule has 0 fully saturated rings. The van der Waals surface area contributed by atoms with E-state index in [1.54, 1.807) is 54.6 Å². The molecule has 43 heavy (non-hydrogen) atoms. The summed E-state index contributed by atoms with van der Waals surface area (Å²) in [5, 5.41) is 11.4. The van der Waals surface area contributed by atoms with Gasteiger partial charge >= 0.3 is 0 Å². The van der Waals surface area contributed by atoms with Crippen molar-refractivity contribution in [3.05, 3.63) is 130 Å². The molecule has 13 heteroatoms. The number of carbonyl (C=O) groups is 2. The van der Waals surface area contributed by atoms with Gasteiger partial charge in [-0.05, 0) is 89.7 Å². The smallest absolute Gasteiger partial charge is 0.269 e. The quantitative estimate of drug-likeness (QED) is 0.0971. The Kier molecular flexibility index (Phi) is 10.4. The molecule has 0 aliphatic carbocycles. The number of benzene rings is 4. The molecule has 2 amide bonds. The summed E-state index contributed by atoms with van der Waals surface area (Å²) in [5.41, 5.74) is 1.82. The third kappa shape index (κ3) is 7.69. The highest BCUT2D eigenvalue weighted by atomic mass is 127. The first-order valence-corrected chi connectivity index (χ1v) is 16.8. The number of hydrogen-bond acceptors (Lipinski definition) is 6. The van der Waals surface area contributed by atoms with Gasteiger partial charge in [0.2, 0.25) is 5.91 Å². The van der Waals surface area contributed by atoms with E-state index in [2.05, 4.69) is 54.5 Å². The molecule has 4 aromatic rings. The number of rotatable bonds is 9. The minimum atomic E-state index is -4.21. The van der Waals surface area contributed by atoms with E-state index in [1.165, 1.54) is 48.3 Å². The molecule has 4 aromatic carbocycles. The molecule has 0 aliphatic heterocycles. The summed E-state index contributed by atoms with van der Waals surface area (Å²) in [6.45, 7) is 1.82. The van der Waals surface area contributed by atoms with E-state index in [9.17, 15) is 28.1 Å². The second-order valence-corrected chi connectivity index (χ2v) is 14.6. The van der Waals surface area contributed by atoms with Crippen molar-refractivity contribution in [2.24, 2.45) is 0 Å². The molecule has 0 spiro atoms. The Bertz CT molecular complexity index is 1760. The van der Waals surface area contributed by atoms with Crippen molar-refractivity contribution in [2.45, 2.75) is 24.3 Å². The normalized spacial score (nSPS) is 11.9. The number of sulfonamides is 1. The summed E-state index contributed by atoms with van der Waals surface area (Å²) in [7, 11) is -3.03. The van der Waals surface area contributed by atoms with Gasteiger partial charge in [0.15, 0.2) is 0 Å². The molecule has 0 N–H and O–H groups in total. The Labute approximate surface area is 279 Å². The SMILES string of the molecule is Cc1ccc(S(=O)(=O)N(C)C(=O)C[C@H](c2ccc([N+](=O)[O-])cc2)N(C(=O)c2ccc(I)cc2)c2cc(Br)cc(Br)c2)cc1. The lowest BCUT2D eigenvalue weighted by atomic mass is 9.99. The van der Waals surface area contributed by atoms with Crippen LogP contribution in [0, 0.1) is 20.6 Å². The largest absolute Gasteiger partial charge is 0.300 e. The van der Waals surface area contributed by atoms with E-state index in [0.717, 1.165) is 9.13 Å². The molecule has 0 bridgehead atoms. The topological polar surface area (TPSA) is 118 Å². The zero-order valence-corrected chi connectivity index (χ0v) is 28.9. The number of amides is 2. The fraction of sp³-hybridized carbons (Fsp3) is 0.133. The van der Waals surface area contributed by atoms with Crippen LogP contribution in [-0.2, 0) is 14.8 Å². The van der Waals surface area contributed by atoms with Crippen LogP contribution in [0.4, 0.5) is 11.4 Å². The Morgan fingerprint density at radius 1 is 0.907 bits per heavy atom. The summed E-state index contributed by atoms with van der Waals surface area (Å²) in [6.07, 6.45) is -0.445. The lowest BCUT2D eigenvalue weighted by molar-refractivity contribution is -0.384. The first-order chi connectivity index (χ1) is 20.3. The van der Waals surface area contributed by atoms with Crippen LogP contribution < -0.4 is 4.90 Å². The van der Waals surface area contributed by atoms with Crippen molar-refractivity contribution in [1.82, 2.24) is 4.31 Å². The van der Waals surface area contributed by atoms with E-state index in [-0.39, 0.29) is 10.6 Å². The maximum Gasteiger partial charge on any atom is 0.269 e. The molecule has 222 valence electrons. The van der Waals surface area contributed by atoms with Crippen molar-refractivity contribution in [1.29, 1.82) is 0 Å². The molecule has 0 aliphatic rings. The first kappa shape index (κ1) is 32.8. The average Bonchev–Trinajstić information content (AvgIpc) is 2.96. The molecule has 0 unspecified atom stereocenters. The van der Waals surface area contributed by atoms with Gasteiger partial charge in [-0.3, -0.25) is 19.7 Å². The second-order valence-electron chi connectivity index (χ2n) is 9.56. The molecule has 9 nitrogen and oxygen atoms in total. The van der Waals surface area contributed by atoms with Gasteiger partial charge in [0, 0.05) is 42.9 Å². The van der Waals surface area contributed by atoms with Crippen molar-refractivity contribution in [3.8, 4) is 0 Å². The Morgan fingerprint density at radius 2 is 1.47 bits per heavy atom. The minimum absolute atomic E-state index is 0.0522. The molecule has 0 saturated carbocycles. The fourth-order valence-electron chi connectivity index (χ4n) is 4.32. The second kappa shape index (κ2) is 13.7. The summed E-state index contributed by atoms with van der Waals surface area (Å²) in [4.78, 5) is 40.1. The Balaban J connectivity index is 1.85. The van der Waals surface area contributed by atoms with Crippen LogP contribution in [-0.4, -0.2) is 36.5 Å². The lowest BCUT2D eigenvalue weighted by Crippen LogP contribution is -2.40. The summed E-state index contributed by atoms with van der Waals surface area (Å²) in [6, 6.07) is 22.6. The summed E-state index contributed by atoms with van der Waals surface area (Å²) in [5.74, 6) is -1.24. The van der Waals surface area contributed by atoms with Crippen molar-refractivity contribution >= 4 is 87.7 Å². The van der Waals surface area contributed by atoms with Crippen LogP contribution in [0.25, 0.3) is 0 Å². The van der Waals surface area contributed by atoms with E-state index >= 15 is 0 Å². The molecule has 4 rings (SSSR count). The van der Waals surface area contributed by atoms with Crippen LogP contribution in [0.15, 0.2) is 105 Å². The molecule has 0 heterocycles. The predicted octanol–water partition coefficient (Wildman–Crippen LogP) is 7.66. The van der Waals surface area contributed by atoms with Crippen LogP contribution in [0.5, 0.6) is 0 Å². The van der Waals surface area contributed by atoms with Gasteiger partial charge < -0.3 is 4.90 Å². The van der Waals surface area contributed by atoms with Crippen molar-refractivity contribution in [2.75, 3.05) is 11.9 Å². The Morgan fingerprint density at radius 3 is 2.00 bits per heavy atom. The number of anilines is 1. The number of non-ortho nitro benzene ring substituents is 1. The van der Waals surface area contributed by atoms with E-state index < -0.39 is 39.2 Å². The highest BCUT2D eigenvalue weighted by molar-refractivity contribution is 14.1. The van der Waals surface area contributed by atoms with E-state index in [1.807, 2.05) is 6.92 Å². The third-order valence-electron chi connectivity index (χ3n) is 6.63. The van der Waals surface area contributed by atoms with Crippen LogP contribution in [0.2, 0.25) is 0 Å². The van der Waals surface area contributed by atoms with Crippen LogP contribution >= 0.6 is 54.5 Å². The Hall–Kier alpha value is -3.14. The number of nitro benzene ring substituents is 1. The number of nitrogens with zero attached hydrogens (tertiary/aromatic N) is 3. The molecular weight excluding hydrogens is 817 g/mol. The molecule has 0 aromatic heterocycles. The molecule has 0 radical (unpaired) electrons. The molecular formula is C30H24Br2IN3O6S. The monoisotopic (exact) mass is 839 g/mol. The average molecular weight is 841 g/mol. The predicted molar refractivity (Wildman–Crippen MR) is 179 cm³/mol. The maximum absolute atomic E-state index is 14.2. The standard InChI is InChI=1S/C30H24Br2IN3O6S/c1-19-3-13-27(14-4-19)43(41,42)34(2)29(37)18-28(20-7-11-25(12-8-20)36(39)40)35(26-16-22(31)15-23(32)17-26)30(38)21-5-9-24(33)10-6-21/h3-17,28H,18H2,1-2H3/t28-/m1/s1. The fourth-order valence-corrected chi connectivity index (χ4v) is 7.09. The highest BCUT2D eigenvalue weighted by Crippen LogP contribution is 2.36. The zero-order chi connectivity index (χ0) is 31.5. The van der Waals surface area contributed by atoms with Gasteiger partial charge in [-0.25, -0.2) is 12.7 Å². The van der Waals surface area contributed by atoms with E-state index in [4.69, 9.17) is 0 Å². The number of halogens is 3. The summed E-state index contributed by atoms with van der Waals surface area (Å²) >= 11 is 9.05. The maximum atomic E-state index is 14.2. The first-order valence-electron chi connectivity index (χ1n) is 12.7. The van der Waals surface area contributed by atoms with Crippen LogP contribution in [0.1, 0.15) is 33.9 Å². The van der Waals surface area contributed by atoms with Gasteiger partial charge in [0.1, 0.15) is 0 Å². The van der Waals surface area contributed by atoms with E-state index in [0.29, 0.717) is 30.1 Å². The van der Waals surface area contributed by atoms with Crippen molar-refractivity contribution < 1.29 is 22.9 Å². The number of hydrogen-bond donors (Lipinski definition) is 0. The highest BCUT2D eigenvalue weighted by Gasteiger charge is 2.34. The van der Waals surface area contributed by atoms with Crippen molar-refractivity contribution in [3.63, 3.8) is 0 Å².